The molecule has 0 aromatic heterocycles. The van der Waals surface area contributed by atoms with Gasteiger partial charge in [-0.25, -0.2) is 0 Å². The third-order valence-electron chi connectivity index (χ3n) is 5.84. The highest BCUT2D eigenvalue weighted by molar-refractivity contribution is 5.70. The zero-order valence-electron chi connectivity index (χ0n) is 19.6. The van der Waals surface area contributed by atoms with Gasteiger partial charge in [-0.05, 0) is 43.2 Å². The lowest BCUT2D eigenvalue weighted by atomic mass is 9.94. The summed E-state index contributed by atoms with van der Waals surface area (Å²) < 4.78 is 10.4. The Morgan fingerprint density at radius 3 is 2.56 bits per heavy atom. The fraction of sp³-hybridized carbons (Fsp3) is 0.556. The summed E-state index contributed by atoms with van der Waals surface area (Å²) in [5.41, 5.74) is 2.29. The van der Waals surface area contributed by atoms with Crippen LogP contribution < -0.4 is 0 Å². The van der Waals surface area contributed by atoms with Gasteiger partial charge in [-0.15, -0.1) is 0 Å². The molecule has 0 saturated carbocycles. The zero-order chi connectivity index (χ0) is 23.2. The molecule has 0 amide bonds. The summed E-state index contributed by atoms with van der Waals surface area (Å²) in [4.78, 5) is 23.3. The van der Waals surface area contributed by atoms with Crippen LogP contribution in [0.2, 0.25) is 0 Å². The first-order chi connectivity index (χ1) is 15.5. The molecule has 0 fully saturated rings. The zero-order valence-corrected chi connectivity index (χ0v) is 19.6. The van der Waals surface area contributed by atoms with E-state index in [0.29, 0.717) is 19.3 Å². The molecule has 2 rings (SSSR count). The largest absolute Gasteiger partial charge is 0.469 e. The maximum atomic E-state index is 12.1. The molecular formula is C27H38O5. The second-order valence-corrected chi connectivity index (χ2v) is 8.45. The third-order valence-corrected chi connectivity index (χ3v) is 5.84. The minimum Gasteiger partial charge on any atom is -0.469 e. The number of hydrogen-bond acceptors (Lipinski definition) is 5. The third kappa shape index (κ3) is 9.39. The van der Waals surface area contributed by atoms with Crippen LogP contribution in [-0.4, -0.2) is 30.3 Å². The van der Waals surface area contributed by atoms with Gasteiger partial charge in [0.25, 0.3) is 0 Å². The lowest BCUT2D eigenvalue weighted by Gasteiger charge is -2.14. The van der Waals surface area contributed by atoms with Crippen LogP contribution >= 0.6 is 0 Å². The Bertz CT molecular complexity index is 766. The number of aliphatic hydroxyl groups is 1. The van der Waals surface area contributed by atoms with Crippen LogP contribution in [0.5, 0.6) is 0 Å². The second kappa shape index (κ2) is 14.6. The van der Waals surface area contributed by atoms with Gasteiger partial charge in [0, 0.05) is 31.6 Å². The maximum Gasteiger partial charge on any atom is 0.310 e. The van der Waals surface area contributed by atoms with Crippen molar-refractivity contribution in [1.29, 1.82) is 0 Å². The number of carbonyl (C=O) groups excluding carboxylic acids is 2. The number of ether oxygens (including phenoxy) is 2. The summed E-state index contributed by atoms with van der Waals surface area (Å²) in [5, 5.41) is 10.4. The van der Waals surface area contributed by atoms with Crippen LogP contribution in [0.1, 0.15) is 76.7 Å². The number of benzene rings is 1. The molecule has 0 radical (unpaired) electrons. The van der Waals surface area contributed by atoms with Crippen molar-refractivity contribution >= 4 is 11.9 Å². The van der Waals surface area contributed by atoms with E-state index in [2.05, 4.69) is 10.8 Å². The van der Waals surface area contributed by atoms with Crippen LogP contribution in [-0.2, 0) is 25.5 Å². The predicted molar refractivity (Wildman–Crippen MR) is 126 cm³/mol. The Morgan fingerprint density at radius 2 is 1.84 bits per heavy atom. The molecule has 5 heteroatoms. The molecule has 176 valence electrons. The van der Waals surface area contributed by atoms with Gasteiger partial charge in [-0.1, -0.05) is 62.2 Å². The first kappa shape index (κ1) is 25.9. The van der Waals surface area contributed by atoms with Crippen molar-refractivity contribution in [3.05, 3.63) is 59.4 Å². The average Bonchev–Trinajstić information content (AvgIpc) is 3.16. The summed E-state index contributed by atoms with van der Waals surface area (Å²) in [6.45, 7) is 1.97. The molecule has 1 aliphatic carbocycles. The van der Waals surface area contributed by atoms with Gasteiger partial charge in [0.05, 0.1) is 13.2 Å². The van der Waals surface area contributed by atoms with Crippen LogP contribution in [0.15, 0.2) is 53.8 Å². The normalized spacial score (nSPS) is 17.0. The Balaban J connectivity index is 1.93. The Morgan fingerprint density at radius 1 is 1.09 bits per heavy atom. The minimum absolute atomic E-state index is 0.159. The summed E-state index contributed by atoms with van der Waals surface area (Å²) in [6.07, 6.45) is 12.0. The standard InChI is InChI=1S/C27H38O5/c1-3-11-27(30)32-25-19-17-22(16-18-23(28)20-21-12-7-6-8-13-21)24(25)14-9-4-5-10-15-26(29)31-2/h6-8,12-13,16,18,22-23,28H,3-5,9-11,14-15,17,19-20H2,1-2H3/b18-16+. The van der Waals surface area contributed by atoms with E-state index in [1.165, 1.54) is 12.7 Å². The van der Waals surface area contributed by atoms with Crippen molar-refractivity contribution < 1.29 is 24.2 Å². The van der Waals surface area contributed by atoms with E-state index in [0.717, 1.165) is 62.7 Å². The summed E-state index contributed by atoms with van der Waals surface area (Å²) in [7, 11) is 1.42. The predicted octanol–water partition coefficient (Wildman–Crippen LogP) is 5.67. The molecule has 1 N–H and O–H groups in total. The molecule has 0 spiro atoms. The first-order valence-electron chi connectivity index (χ1n) is 11.9. The van der Waals surface area contributed by atoms with E-state index in [4.69, 9.17) is 4.74 Å². The van der Waals surface area contributed by atoms with Crippen molar-refractivity contribution in [1.82, 2.24) is 0 Å². The Labute approximate surface area is 192 Å². The minimum atomic E-state index is -0.538. The molecule has 5 nitrogen and oxygen atoms in total. The summed E-state index contributed by atoms with van der Waals surface area (Å²) in [5.74, 6) is 0.699. The second-order valence-electron chi connectivity index (χ2n) is 8.45. The SMILES string of the molecule is CCCC(=O)OC1=C(CCCCCCC(=O)OC)C(/C=C/C(O)Cc2ccccc2)CC1. The number of hydrogen-bond donors (Lipinski definition) is 1. The fourth-order valence-corrected chi connectivity index (χ4v) is 4.10. The molecule has 32 heavy (non-hydrogen) atoms. The number of methoxy groups -OCH3 is 1. The first-order valence-corrected chi connectivity index (χ1v) is 11.9. The van der Waals surface area contributed by atoms with Gasteiger partial charge in [0.2, 0.25) is 0 Å². The lowest BCUT2D eigenvalue weighted by Crippen LogP contribution is -2.08. The van der Waals surface area contributed by atoms with Crippen molar-refractivity contribution in [2.24, 2.45) is 5.92 Å². The van der Waals surface area contributed by atoms with Gasteiger partial charge >= 0.3 is 11.9 Å². The number of esters is 2. The molecule has 0 heterocycles. The molecule has 2 atom stereocenters. The average molecular weight is 443 g/mol. The van der Waals surface area contributed by atoms with Crippen molar-refractivity contribution in [2.45, 2.75) is 83.7 Å². The van der Waals surface area contributed by atoms with Gasteiger partial charge in [0.15, 0.2) is 0 Å². The Hall–Kier alpha value is -2.40. The smallest absolute Gasteiger partial charge is 0.310 e. The topological polar surface area (TPSA) is 72.8 Å². The Kier molecular flexibility index (Phi) is 11.8. The van der Waals surface area contributed by atoms with E-state index < -0.39 is 6.10 Å². The van der Waals surface area contributed by atoms with Crippen molar-refractivity contribution in [3.8, 4) is 0 Å². The lowest BCUT2D eigenvalue weighted by molar-refractivity contribution is -0.141. The molecule has 2 unspecified atom stereocenters. The van der Waals surface area contributed by atoms with Gasteiger partial charge < -0.3 is 14.6 Å². The van der Waals surface area contributed by atoms with Crippen molar-refractivity contribution in [2.75, 3.05) is 7.11 Å². The quantitative estimate of drug-likeness (QED) is 0.228. The molecular weight excluding hydrogens is 404 g/mol. The highest BCUT2D eigenvalue weighted by Gasteiger charge is 2.26. The number of carbonyl (C=O) groups is 2. The fourth-order valence-electron chi connectivity index (χ4n) is 4.10. The van der Waals surface area contributed by atoms with Crippen LogP contribution in [0.25, 0.3) is 0 Å². The van der Waals surface area contributed by atoms with E-state index in [9.17, 15) is 14.7 Å². The van der Waals surface area contributed by atoms with Crippen LogP contribution in [0.4, 0.5) is 0 Å². The molecule has 1 aromatic rings. The van der Waals surface area contributed by atoms with Crippen LogP contribution in [0.3, 0.4) is 0 Å². The van der Waals surface area contributed by atoms with Crippen molar-refractivity contribution in [3.63, 3.8) is 0 Å². The highest BCUT2D eigenvalue weighted by Crippen LogP contribution is 2.37. The number of aliphatic hydroxyl groups excluding tert-OH is 1. The molecule has 0 bridgehead atoms. The van der Waals surface area contributed by atoms with E-state index >= 15 is 0 Å². The molecule has 0 aliphatic heterocycles. The van der Waals surface area contributed by atoms with E-state index in [-0.39, 0.29) is 17.9 Å². The highest BCUT2D eigenvalue weighted by atomic mass is 16.5. The summed E-state index contributed by atoms with van der Waals surface area (Å²) >= 11 is 0. The number of unbranched alkanes of at least 4 members (excludes halogenated alkanes) is 3. The van der Waals surface area contributed by atoms with Gasteiger partial charge in [-0.3, -0.25) is 9.59 Å². The number of rotatable bonds is 14. The summed E-state index contributed by atoms with van der Waals surface area (Å²) in [6, 6.07) is 9.96. The van der Waals surface area contributed by atoms with Gasteiger partial charge in [-0.2, -0.15) is 0 Å². The van der Waals surface area contributed by atoms with Crippen LogP contribution in [0, 0.1) is 5.92 Å². The molecule has 1 aromatic carbocycles. The molecule has 0 saturated heterocycles. The van der Waals surface area contributed by atoms with E-state index in [1.54, 1.807) is 0 Å². The monoisotopic (exact) mass is 442 g/mol. The number of allylic oxidation sites excluding steroid dienone is 3. The van der Waals surface area contributed by atoms with E-state index in [1.807, 2.05) is 43.3 Å². The molecule has 1 aliphatic rings. The maximum absolute atomic E-state index is 12.1. The van der Waals surface area contributed by atoms with Gasteiger partial charge in [0.1, 0.15) is 5.76 Å².